The maximum atomic E-state index is 12.1. The Balaban J connectivity index is 3.08. The van der Waals surface area contributed by atoms with Crippen LogP contribution in [0, 0.1) is 0 Å². The van der Waals surface area contributed by atoms with E-state index in [0.717, 1.165) is 18.4 Å². The number of esters is 1. The van der Waals surface area contributed by atoms with Crippen molar-refractivity contribution in [3.8, 4) is 0 Å². The number of carbonyl (C=O) groups is 2. The first kappa shape index (κ1) is 16.6. The summed E-state index contributed by atoms with van der Waals surface area (Å²) in [6.07, 6.45) is 0.666. The van der Waals surface area contributed by atoms with Gasteiger partial charge in [-0.3, -0.25) is 4.79 Å². The van der Waals surface area contributed by atoms with Crippen LogP contribution in [-0.2, 0) is 19.6 Å². The second kappa shape index (κ2) is 6.82. The second-order valence-electron chi connectivity index (χ2n) is 3.91. The predicted octanol–water partition coefficient (Wildman–Crippen LogP) is 1.07. The molecule has 1 heterocycles. The van der Waals surface area contributed by atoms with Crippen LogP contribution in [-0.4, -0.2) is 38.6 Å². The van der Waals surface area contributed by atoms with E-state index in [1.807, 2.05) is 0 Å². The van der Waals surface area contributed by atoms with Crippen LogP contribution in [0.5, 0.6) is 0 Å². The number of carbonyl (C=O) groups excluding carboxylic acids is 1. The van der Waals surface area contributed by atoms with Gasteiger partial charge in [-0.2, -0.15) is 4.72 Å². The van der Waals surface area contributed by atoms with E-state index in [1.165, 1.54) is 11.4 Å². The first-order chi connectivity index (χ1) is 9.33. The number of thiophene rings is 1. The highest BCUT2D eigenvalue weighted by molar-refractivity contribution is 7.89. The molecule has 1 rings (SSSR count). The number of hydrogen-bond acceptors (Lipinski definition) is 6. The quantitative estimate of drug-likeness (QED) is 0.727. The Hall–Kier alpha value is -1.45. The number of nitrogens with one attached hydrogen (secondary N) is 1. The molecule has 1 aromatic heterocycles. The van der Waals surface area contributed by atoms with Crippen LogP contribution in [0.1, 0.15) is 29.4 Å². The molecule has 1 atom stereocenters. The Bertz CT molecular complexity index is 592. The Labute approximate surface area is 120 Å². The number of hydrogen-bond donors (Lipinski definition) is 2. The Morgan fingerprint density at radius 2 is 2.15 bits per heavy atom. The zero-order valence-electron chi connectivity index (χ0n) is 11.0. The lowest BCUT2D eigenvalue weighted by Crippen LogP contribution is -2.40. The average molecular weight is 321 g/mol. The SMILES string of the molecule is CCC[C@@H](NS(=O)(=O)c1ccsc1C(=O)OC)C(=O)O. The highest BCUT2D eigenvalue weighted by Gasteiger charge is 2.29. The standard InChI is InChI=1S/C11H15NO6S2/c1-3-4-7(10(13)14)12-20(16,17)8-5-6-19-9(8)11(15)18-2/h5-7,12H,3-4H2,1-2H3,(H,13,14)/t7-/m1/s1. The molecular formula is C11H15NO6S2. The van der Waals surface area contributed by atoms with Crippen LogP contribution in [0.15, 0.2) is 16.3 Å². The number of methoxy groups -OCH3 is 1. The lowest BCUT2D eigenvalue weighted by Gasteiger charge is -2.13. The molecule has 0 aliphatic rings. The molecule has 0 radical (unpaired) electrons. The number of rotatable bonds is 7. The van der Waals surface area contributed by atoms with E-state index >= 15 is 0 Å². The summed E-state index contributed by atoms with van der Waals surface area (Å²) in [5, 5.41) is 10.4. The largest absolute Gasteiger partial charge is 0.480 e. The molecule has 1 aromatic rings. The molecule has 0 unspecified atom stereocenters. The molecule has 0 aliphatic carbocycles. The van der Waals surface area contributed by atoms with Gasteiger partial charge >= 0.3 is 11.9 Å². The molecule has 2 N–H and O–H groups in total. The number of carboxylic acids is 1. The van der Waals surface area contributed by atoms with Crippen LogP contribution < -0.4 is 4.72 Å². The van der Waals surface area contributed by atoms with Crippen molar-refractivity contribution in [1.82, 2.24) is 4.72 Å². The maximum absolute atomic E-state index is 12.1. The van der Waals surface area contributed by atoms with Crippen LogP contribution in [0.3, 0.4) is 0 Å². The number of ether oxygens (including phenoxy) is 1. The molecule has 112 valence electrons. The van der Waals surface area contributed by atoms with Gasteiger partial charge in [0.15, 0.2) is 0 Å². The minimum atomic E-state index is -4.09. The maximum Gasteiger partial charge on any atom is 0.349 e. The van der Waals surface area contributed by atoms with Gasteiger partial charge in [0.05, 0.1) is 7.11 Å². The third kappa shape index (κ3) is 3.78. The minimum absolute atomic E-state index is 0.0827. The molecule has 0 amide bonds. The Morgan fingerprint density at radius 3 is 2.65 bits per heavy atom. The summed E-state index contributed by atoms with van der Waals surface area (Å²) in [5.41, 5.74) is 0. The summed E-state index contributed by atoms with van der Waals surface area (Å²) in [6, 6.07) is 0.0137. The topological polar surface area (TPSA) is 110 Å². The molecular weight excluding hydrogens is 306 g/mol. The summed E-state index contributed by atoms with van der Waals surface area (Å²) in [4.78, 5) is 22.1. The lowest BCUT2D eigenvalue weighted by molar-refractivity contribution is -0.139. The third-order valence-corrected chi connectivity index (χ3v) is 5.00. The Kier molecular flexibility index (Phi) is 5.66. The van der Waals surface area contributed by atoms with Gasteiger partial charge in [0.2, 0.25) is 10.0 Å². The van der Waals surface area contributed by atoms with E-state index < -0.39 is 28.0 Å². The van der Waals surface area contributed by atoms with Crippen molar-refractivity contribution in [2.75, 3.05) is 7.11 Å². The van der Waals surface area contributed by atoms with Gasteiger partial charge in [-0.05, 0) is 17.9 Å². The summed E-state index contributed by atoms with van der Waals surface area (Å²) in [6.45, 7) is 1.74. The predicted molar refractivity (Wildman–Crippen MR) is 72.3 cm³/mol. The van der Waals surface area contributed by atoms with Crippen molar-refractivity contribution < 1.29 is 27.9 Å². The normalized spacial score (nSPS) is 12.9. The summed E-state index contributed by atoms with van der Waals surface area (Å²) >= 11 is 0.917. The van der Waals surface area contributed by atoms with Gasteiger partial charge in [0.1, 0.15) is 15.8 Å². The van der Waals surface area contributed by atoms with Crippen molar-refractivity contribution in [2.24, 2.45) is 0 Å². The first-order valence-corrected chi connectivity index (χ1v) is 8.10. The Morgan fingerprint density at radius 1 is 1.50 bits per heavy atom. The third-order valence-electron chi connectivity index (χ3n) is 2.46. The van der Waals surface area contributed by atoms with Gasteiger partial charge in [-0.1, -0.05) is 13.3 Å². The fraction of sp³-hybridized carbons (Fsp3) is 0.455. The van der Waals surface area contributed by atoms with Crippen LogP contribution >= 0.6 is 11.3 Å². The fourth-order valence-corrected chi connectivity index (χ4v) is 4.08. The molecule has 0 bridgehead atoms. The zero-order chi connectivity index (χ0) is 15.3. The average Bonchev–Trinajstić information content (AvgIpc) is 2.87. The van der Waals surface area contributed by atoms with Crippen molar-refractivity contribution in [1.29, 1.82) is 0 Å². The zero-order valence-corrected chi connectivity index (χ0v) is 12.6. The second-order valence-corrected chi connectivity index (χ2v) is 6.50. The number of aliphatic carboxylic acids is 1. The molecule has 0 fully saturated rings. The number of carboxylic acid groups (broad SMARTS) is 1. The highest BCUT2D eigenvalue weighted by Crippen LogP contribution is 2.23. The van der Waals surface area contributed by atoms with Gasteiger partial charge in [0, 0.05) is 0 Å². The molecule has 0 saturated heterocycles. The van der Waals surface area contributed by atoms with Crippen molar-refractivity contribution in [2.45, 2.75) is 30.7 Å². The van der Waals surface area contributed by atoms with E-state index in [-0.39, 0.29) is 16.2 Å². The molecule has 0 spiro atoms. The van der Waals surface area contributed by atoms with Gasteiger partial charge < -0.3 is 9.84 Å². The molecule has 7 nitrogen and oxygen atoms in total. The molecule has 9 heteroatoms. The van der Waals surface area contributed by atoms with Crippen molar-refractivity contribution in [3.63, 3.8) is 0 Å². The smallest absolute Gasteiger partial charge is 0.349 e. The molecule has 0 aromatic carbocycles. The van der Waals surface area contributed by atoms with Crippen LogP contribution in [0.25, 0.3) is 0 Å². The molecule has 0 aliphatic heterocycles. The van der Waals surface area contributed by atoms with Gasteiger partial charge in [-0.25, -0.2) is 13.2 Å². The van der Waals surface area contributed by atoms with E-state index in [2.05, 4.69) is 9.46 Å². The van der Waals surface area contributed by atoms with Crippen molar-refractivity contribution in [3.05, 3.63) is 16.3 Å². The van der Waals surface area contributed by atoms with Crippen LogP contribution in [0.4, 0.5) is 0 Å². The molecule has 0 saturated carbocycles. The van der Waals surface area contributed by atoms with Gasteiger partial charge in [0.25, 0.3) is 0 Å². The van der Waals surface area contributed by atoms with E-state index in [4.69, 9.17) is 5.11 Å². The minimum Gasteiger partial charge on any atom is -0.480 e. The van der Waals surface area contributed by atoms with E-state index in [9.17, 15) is 18.0 Å². The number of sulfonamides is 1. The summed E-state index contributed by atoms with van der Waals surface area (Å²) in [5.74, 6) is -2.03. The van der Waals surface area contributed by atoms with Crippen LogP contribution in [0.2, 0.25) is 0 Å². The monoisotopic (exact) mass is 321 g/mol. The summed E-state index contributed by atoms with van der Waals surface area (Å²) in [7, 11) is -2.95. The fourth-order valence-electron chi connectivity index (χ4n) is 1.52. The summed E-state index contributed by atoms with van der Waals surface area (Å²) < 4.78 is 30.9. The highest BCUT2D eigenvalue weighted by atomic mass is 32.2. The van der Waals surface area contributed by atoms with E-state index in [0.29, 0.717) is 6.42 Å². The van der Waals surface area contributed by atoms with Crippen molar-refractivity contribution >= 4 is 33.3 Å². The molecule has 20 heavy (non-hydrogen) atoms. The first-order valence-electron chi connectivity index (χ1n) is 5.74. The lowest BCUT2D eigenvalue weighted by atomic mass is 10.2. The van der Waals surface area contributed by atoms with Gasteiger partial charge in [-0.15, -0.1) is 11.3 Å². The van der Waals surface area contributed by atoms with E-state index in [1.54, 1.807) is 6.92 Å².